The van der Waals surface area contributed by atoms with Crippen molar-refractivity contribution < 1.29 is 57.9 Å². The Morgan fingerprint density at radius 2 is 1.11 bits per heavy atom. The number of piperidine rings is 1. The number of nitrogens with zero attached hydrogens (tertiary/aromatic N) is 1. The normalized spacial score (nSPS) is 13.7. The molecule has 16 nitrogen and oxygen atoms in total. The molecule has 1 saturated heterocycles. The fourth-order valence-corrected chi connectivity index (χ4v) is 6.33. The smallest absolute Gasteiger partial charge is 0.321 e. The Bertz CT molecular complexity index is 1060. The second-order valence-electron chi connectivity index (χ2n) is 14.3. The van der Waals surface area contributed by atoms with E-state index in [0.29, 0.717) is 45.8 Å². The van der Waals surface area contributed by atoms with Crippen LogP contribution < -0.4 is 16.0 Å². The molecule has 0 aromatic rings. The van der Waals surface area contributed by atoms with Crippen molar-refractivity contribution in [3.63, 3.8) is 0 Å². The van der Waals surface area contributed by atoms with Crippen LogP contribution >= 0.6 is 0 Å². The van der Waals surface area contributed by atoms with Gasteiger partial charge in [-0.2, -0.15) is 0 Å². The molecule has 0 saturated carbocycles. The minimum absolute atomic E-state index is 0.0953. The molecule has 3 amide bonds. The van der Waals surface area contributed by atoms with Crippen molar-refractivity contribution in [1.29, 1.82) is 0 Å². The fourth-order valence-electron chi connectivity index (χ4n) is 6.33. The Morgan fingerprint density at radius 3 is 1.62 bits per heavy atom. The summed E-state index contributed by atoms with van der Waals surface area (Å²) in [7, 11) is 0. The summed E-state index contributed by atoms with van der Waals surface area (Å²) in [6.45, 7) is 3.59. The van der Waals surface area contributed by atoms with Crippen LogP contribution in [0.4, 0.5) is 0 Å². The molecule has 0 bridgehead atoms. The van der Waals surface area contributed by atoms with Crippen LogP contribution in [-0.4, -0.2) is 143 Å². The number of carbonyl (C=O) groups is 5. The van der Waals surface area contributed by atoms with Crippen LogP contribution in [0.15, 0.2) is 0 Å². The maximum Gasteiger partial charge on any atom is 0.321 e. The molecule has 1 radical (unpaired) electrons. The maximum atomic E-state index is 12.7. The molecule has 1 heterocycles. The molecule has 0 aliphatic carbocycles. The molecule has 1 rings (SSSR count). The summed E-state index contributed by atoms with van der Waals surface area (Å²) in [6, 6.07) is -1.01. The van der Waals surface area contributed by atoms with Crippen molar-refractivity contribution in [3.05, 3.63) is 0 Å². The van der Waals surface area contributed by atoms with Gasteiger partial charge < -0.3 is 50.0 Å². The lowest BCUT2D eigenvalue weighted by Gasteiger charge is -2.32. The summed E-state index contributed by atoms with van der Waals surface area (Å²) >= 11 is 0. The van der Waals surface area contributed by atoms with Gasteiger partial charge in [0.05, 0.1) is 46.1 Å². The number of amides is 3. The number of hydrogen-bond donors (Lipinski definition) is 5. The number of carboxylic acid groups (broad SMARTS) is 2. The Morgan fingerprint density at radius 1 is 0.625 bits per heavy atom. The second kappa shape index (κ2) is 36.2. The predicted molar refractivity (Wildman–Crippen MR) is 210 cm³/mol. The van der Waals surface area contributed by atoms with E-state index < -0.39 is 23.9 Å². The number of rotatable bonds is 39. The molecule has 1 aliphatic heterocycles. The van der Waals surface area contributed by atoms with Crippen LogP contribution in [0, 0.1) is 5.92 Å². The lowest BCUT2D eigenvalue weighted by molar-refractivity contribution is -0.141. The van der Waals surface area contributed by atoms with Crippen LogP contribution in [0.1, 0.15) is 122 Å². The standard InChI is InChI=1S/C40H71N4O12/c45-23-26-55-28-27-53-25-20-42-37(47)33-56-30-29-54-24-19-41-36(46)31-35(40(51)52)43-32-34-17-21-44(22-18-34)38(48)15-13-11-9-7-5-3-1-2-4-6-8-10-12-14-16-39(49)50/h34-35,43H,1-22,24-33H2,(H,41,46)(H,42,47)(H,49,50)(H,51,52)/t35-/m1/s1. The molecule has 56 heavy (non-hydrogen) atoms. The molecule has 0 aromatic carbocycles. The average molecular weight is 800 g/mol. The third-order valence-electron chi connectivity index (χ3n) is 9.61. The summed E-state index contributed by atoms with van der Waals surface area (Å²) in [5.41, 5.74) is 0. The summed E-state index contributed by atoms with van der Waals surface area (Å²) < 4.78 is 20.8. The molecule has 0 unspecified atom stereocenters. The molecule has 5 N–H and O–H groups in total. The number of nitrogens with one attached hydrogen (secondary N) is 3. The summed E-state index contributed by atoms with van der Waals surface area (Å²) in [4.78, 5) is 71.1. The number of unbranched alkanes of at least 4 members (excludes halogenated alkanes) is 13. The highest BCUT2D eigenvalue weighted by Crippen LogP contribution is 2.19. The highest BCUT2D eigenvalue weighted by atomic mass is 16.5. The van der Waals surface area contributed by atoms with Gasteiger partial charge in [0.25, 0.3) is 0 Å². The Balaban J connectivity index is 1.99. The van der Waals surface area contributed by atoms with Gasteiger partial charge in [-0.1, -0.05) is 77.0 Å². The second-order valence-corrected chi connectivity index (χ2v) is 14.3. The van der Waals surface area contributed by atoms with Crippen LogP contribution in [0.25, 0.3) is 0 Å². The number of carbonyl (C=O) groups excluding carboxylic acids is 4. The zero-order valence-corrected chi connectivity index (χ0v) is 33.7. The molecule has 0 spiro atoms. The molecule has 323 valence electrons. The van der Waals surface area contributed by atoms with E-state index in [0.717, 1.165) is 51.4 Å². The fraction of sp³-hybridized carbons (Fsp3) is 0.850. The average Bonchev–Trinajstić information content (AvgIpc) is 3.18. The molecular weight excluding hydrogens is 728 g/mol. The van der Waals surface area contributed by atoms with Crippen molar-refractivity contribution in [2.45, 2.75) is 128 Å². The molecule has 1 aliphatic rings. The monoisotopic (exact) mass is 800 g/mol. The molecule has 1 atom stereocenters. The lowest BCUT2D eigenvalue weighted by Crippen LogP contribution is -2.46. The minimum Gasteiger partial charge on any atom is -0.481 e. The third kappa shape index (κ3) is 31.0. The third-order valence-corrected chi connectivity index (χ3v) is 9.61. The highest BCUT2D eigenvalue weighted by molar-refractivity contribution is 5.84. The van der Waals surface area contributed by atoms with Crippen molar-refractivity contribution in [2.75, 3.05) is 85.6 Å². The first-order valence-electron chi connectivity index (χ1n) is 20.9. The SMILES string of the molecule is O=[C]COCCOCCNC(=O)COCCOCCNC(=O)C[C@@H](NCC1CCN(C(=O)CCCCCCCCCCCCCCCCC(=O)O)CC1)C(=O)O. The Hall–Kier alpha value is -3.18. The van der Waals surface area contributed by atoms with Gasteiger partial charge in [-0.3, -0.25) is 28.8 Å². The van der Waals surface area contributed by atoms with Gasteiger partial charge in [0, 0.05) is 39.0 Å². The first-order chi connectivity index (χ1) is 27.2. The van der Waals surface area contributed by atoms with Crippen molar-refractivity contribution in [2.24, 2.45) is 5.92 Å². The zero-order valence-electron chi connectivity index (χ0n) is 33.7. The summed E-state index contributed by atoms with van der Waals surface area (Å²) in [6.07, 6.45) is 20.0. The van der Waals surface area contributed by atoms with Crippen LogP contribution in [0.3, 0.4) is 0 Å². The van der Waals surface area contributed by atoms with Gasteiger partial charge >= 0.3 is 11.9 Å². The van der Waals surface area contributed by atoms with Gasteiger partial charge in [0.1, 0.15) is 19.3 Å². The van der Waals surface area contributed by atoms with Crippen molar-refractivity contribution in [3.8, 4) is 0 Å². The van der Waals surface area contributed by atoms with E-state index in [2.05, 4.69) is 16.0 Å². The summed E-state index contributed by atoms with van der Waals surface area (Å²) in [5, 5.41) is 26.6. The Labute approximate surface area is 333 Å². The van der Waals surface area contributed by atoms with E-state index in [1.165, 1.54) is 51.4 Å². The highest BCUT2D eigenvalue weighted by Gasteiger charge is 2.26. The number of ether oxygens (including phenoxy) is 4. The van der Waals surface area contributed by atoms with E-state index in [-0.39, 0.29) is 76.8 Å². The van der Waals surface area contributed by atoms with E-state index in [4.69, 9.17) is 24.1 Å². The lowest BCUT2D eigenvalue weighted by atomic mass is 9.95. The maximum absolute atomic E-state index is 12.7. The number of aliphatic carboxylic acids is 2. The molecular formula is C40H71N4O12. The number of carboxylic acids is 2. The first kappa shape index (κ1) is 50.8. The molecule has 1 fully saturated rings. The van der Waals surface area contributed by atoms with E-state index in [9.17, 15) is 33.9 Å². The predicted octanol–water partition coefficient (Wildman–Crippen LogP) is 3.39. The molecule has 16 heteroatoms. The van der Waals surface area contributed by atoms with Gasteiger partial charge in [-0.15, -0.1) is 0 Å². The Kier molecular flexibility index (Phi) is 32.8. The largest absolute Gasteiger partial charge is 0.481 e. The van der Waals surface area contributed by atoms with Crippen molar-refractivity contribution in [1.82, 2.24) is 20.9 Å². The zero-order chi connectivity index (χ0) is 40.9. The van der Waals surface area contributed by atoms with Crippen molar-refractivity contribution >= 4 is 35.9 Å². The first-order valence-corrected chi connectivity index (χ1v) is 20.9. The van der Waals surface area contributed by atoms with Crippen LogP contribution in [-0.2, 0) is 47.7 Å². The van der Waals surface area contributed by atoms with Crippen LogP contribution in [0.2, 0.25) is 0 Å². The van der Waals surface area contributed by atoms with Gasteiger partial charge in [-0.25, -0.2) is 0 Å². The number of likely N-dealkylation sites (tertiary alicyclic amines) is 1. The number of hydrogen-bond acceptors (Lipinski definition) is 11. The van der Waals surface area contributed by atoms with E-state index in [1.54, 1.807) is 6.29 Å². The quantitative estimate of drug-likeness (QED) is 0.0564. The molecule has 0 aromatic heterocycles. The topological polar surface area (TPSA) is 219 Å². The van der Waals surface area contributed by atoms with Crippen LogP contribution in [0.5, 0.6) is 0 Å². The van der Waals surface area contributed by atoms with Gasteiger partial charge in [0.15, 0.2) is 0 Å². The van der Waals surface area contributed by atoms with Gasteiger partial charge in [0.2, 0.25) is 24.0 Å². The van der Waals surface area contributed by atoms with E-state index in [1.807, 2.05) is 4.90 Å². The summed E-state index contributed by atoms with van der Waals surface area (Å²) in [5.74, 6) is -2.05. The minimum atomic E-state index is -1.09. The van der Waals surface area contributed by atoms with Gasteiger partial charge in [-0.05, 0) is 38.1 Å². The van der Waals surface area contributed by atoms with E-state index >= 15 is 0 Å².